The smallest absolute Gasteiger partial charge is 0.275 e. The van der Waals surface area contributed by atoms with Crippen LogP contribution in [-0.2, 0) is 6.61 Å². The quantitative estimate of drug-likeness (QED) is 0.529. The molecule has 1 N–H and O–H groups in total. The molecule has 0 saturated carbocycles. The lowest BCUT2D eigenvalue weighted by molar-refractivity contribution is 0.0950. The molecule has 0 saturated heterocycles. The van der Waals surface area contributed by atoms with Gasteiger partial charge in [-0.3, -0.25) is 9.78 Å². The van der Waals surface area contributed by atoms with Crippen LogP contribution in [0.2, 0.25) is 5.02 Å². The van der Waals surface area contributed by atoms with E-state index in [9.17, 15) is 4.79 Å². The number of carbonyl (C=O) groups excluding carboxylic acids is 1. The Balaban J connectivity index is 1.65. The largest absolute Gasteiger partial charge is 0.488 e. The minimum atomic E-state index is -0.358. The molecule has 26 heavy (non-hydrogen) atoms. The highest BCUT2D eigenvalue weighted by Gasteiger charge is 2.11. The summed E-state index contributed by atoms with van der Waals surface area (Å²) >= 11 is 5.88. The molecule has 0 aliphatic carbocycles. The maximum absolute atomic E-state index is 12.4. The maximum atomic E-state index is 12.4. The summed E-state index contributed by atoms with van der Waals surface area (Å²) in [6.45, 7) is 0.332. The van der Waals surface area contributed by atoms with E-state index < -0.39 is 0 Å². The highest BCUT2D eigenvalue weighted by molar-refractivity contribution is 6.30. The molecule has 6 heteroatoms. The van der Waals surface area contributed by atoms with Crippen LogP contribution in [0, 0.1) is 0 Å². The minimum absolute atomic E-state index is 0.332. The van der Waals surface area contributed by atoms with Crippen LogP contribution in [0.5, 0.6) is 5.75 Å². The fourth-order valence-corrected chi connectivity index (χ4v) is 2.32. The third kappa shape index (κ3) is 4.91. The summed E-state index contributed by atoms with van der Waals surface area (Å²) in [4.78, 5) is 16.5. The topological polar surface area (TPSA) is 63.6 Å². The Morgan fingerprint density at radius 1 is 1.08 bits per heavy atom. The third-order valence-electron chi connectivity index (χ3n) is 3.49. The number of hydrazone groups is 1. The summed E-state index contributed by atoms with van der Waals surface area (Å²) in [5.74, 6) is 0.122. The standard InChI is InChI=1S/C20H16ClN3O2/c21-16-10-8-15(9-11-16)14-26-19-7-2-1-6-18(19)20(25)24-23-13-17-5-3-4-12-22-17/h1-13H,14H2,(H,24,25). The van der Waals surface area contributed by atoms with E-state index in [-0.39, 0.29) is 5.91 Å². The summed E-state index contributed by atoms with van der Waals surface area (Å²) in [5, 5.41) is 4.60. The predicted molar refractivity (Wildman–Crippen MR) is 102 cm³/mol. The second kappa shape index (κ2) is 8.78. The molecule has 1 heterocycles. The van der Waals surface area contributed by atoms with Crippen molar-refractivity contribution in [3.63, 3.8) is 0 Å². The van der Waals surface area contributed by atoms with Gasteiger partial charge in [-0.15, -0.1) is 0 Å². The zero-order chi connectivity index (χ0) is 18.2. The molecule has 0 radical (unpaired) electrons. The van der Waals surface area contributed by atoms with Crippen molar-refractivity contribution in [2.45, 2.75) is 6.61 Å². The van der Waals surface area contributed by atoms with Crippen LogP contribution < -0.4 is 10.2 Å². The van der Waals surface area contributed by atoms with Crippen LogP contribution in [0.25, 0.3) is 0 Å². The van der Waals surface area contributed by atoms with Crippen molar-refractivity contribution < 1.29 is 9.53 Å². The summed E-state index contributed by atoms with van der Waals surface area (Å²) in [5.41, 5.74) is 4.50. The first-order valence-corrected chi connectivity index (χ1v) is 8.31. The van der Waals surface area contributed by atoms with E-state index in [1.807, 2.05) is 30.3 Å². The average molecular weight is 366 g/mol. The van der Waals surface area contributed by atoms with E-state index >= 15 is 0 Å². The molecular weight excluding hydrogens is 350 g/mol. The SMILES string of the molecule is O=C(NN=Cc1ccccn1)c1ccccc1OCc1ccc(Cl)cc1. The third-order valence-corrected chi connectivity index (χ3v) is 3.74. The number of rotatable bonds is 6. The number of hydrogen-bond donors (Lipinski definition) is 1. The van der Waals surface area contributed by atoms with Gasteiger partial charge >= 0.3 is 0 Å². The Morgan fingerprint density at radius 2 is 1.85 bits per heavy atom. The van der Waals surface area contributed by atoms with Crippen LogP contribution in [0.15, 0.2) is 78.0 Å². The Hall–Kier alpha value is -3.18. The van der Waals surface area contributed by atoms with Crippen LogP contribution in [-0.4, -0.2) is 17.1 Å². The molecule has 2 aromatic carbocycles. The molecule has 0 aliphatic heterocycles. The van der Waals surface area contributed by atoms with Gasteiger partial charge in [-0.1, -0.05) is 41.9 Å². The van der Waals surface area contributed by atoms with Gasteiger partial charge in [0.05, 0.1) is 17.5 Å². The van der Waals surface area contributed by atoms with Gasteiger partial charge in [0.1, 0.15) is 12.4 Å². The molecule has 0 bridgehead atoms. The van der Waals surface area contributed by atoms with E-state index in [1.54, 1.807) is 42.6 Å². The van der Waals surface area contributed by atoms with Crippen molar-refractivity contribution in [3.05, 3.63) is 94.8 Å². The Labute approximate surface area is 156 Å². The van der Waals surface area contributed by atoms with E-state index in [0.717, 1.165) is 5.56 Å². The van der Waals surface area contributed by atoms with Crippen molar-refractivity contribution in [1.82, 2.24) is 10.4 Å². The summed E-state index contributed by atoms with van der Waals surface area (Å²) in [7, 11) is 0. The molecule has 130 valence electrons. The zero-order valence-electron chi connectivity index (χ0n) is 13.8. The first-order chi connectivity index (χ1) is 12.7. The molecule has 1 aromatic heterocycles. The number of pyridine rings is 1. The molecule has 0 spiro atoms. The second-order valence-electron chi connectivity index (χ2n) is 5.37. The van der Waals surface area contributed by atoms with Crippen LogP contribution in [0.1, 0.15) is 21.6 Å². The molecule has 0 atom stereocenters. The van der Waals surface area contributed by atoms with Gasteiger partial charge in [0.25, 0.3) is 5.91 Å². The van der Waals surface area contributed by atoms with Gasteiger partial charge in [0, 0.05) is 11.2 Å². The van der Waals surface area contributed by atoms with E-state index in [4.69, 9.17) is 16.3 Å². The molecular formula is C20H16ClN3O2. The van der Waals surface area contributed by atoms with E-state index in [1.165, 1.54) is 6.21 Å². The minimum Gasteiger partial charge on any atom is -0.488 e. The van der Waals surface area contributed by atoms with Crippen molar-refractivity contribution in [1.29, 1.82) is 0 Å². The number of aromatic nitrogens is 1. The summed E-state index contributed by atoms with van der Waals surface area (Å²) in [6.07, 6.45) is 3.14. The van der Waals surface area contributed by atoms with Crippen LogP contribution >= 0.6 is 11.6 Å². The highest BCUT2D eigenvalue weighted by atomic mass is 35.5. The molecule has 1 amide bonds. The van der Waals surface area contributed by atoms with E-state index in [0.29, 0.717) is 28.6 Å². The Bertz CT molecular complexity index is 896. The molecule has 0 aliphatic rings. The Morgan fingerprint density at radius 3 is 2.62 bits per heavy atom. The lowest BCUT2D eigenvalue weighted by Gasteiger charge is -2.10. The monoisotopic (exact) mass is 365 g/mol. The first-order valence-electron chi connectivity index (χ1n) is 7.93. The van der Waals surface area contributed by atoms with Gasteiger partial charge in [0.15, 0.2) is 0 Å². The summed E-state index contributed by atoms with van der Waals surface area (Å²) < 4.78 is 5.78. The normalized spacial score (nSPS) is 10.7. The van der Waals surface area contributed by atoms with Crippen LogP contribution in [0.3, 0.4) is 0 Å². The summed E-state index contributed by atoms with van der Waals surface area (Å²) in [6, 6.07) is 19.8. The van der Waals surface area contributed by atoms with Gasteiger partial charge < -0.3 is 4.74 Å². The Kier molecular flexibility index (Phi) is 5.96. The van der Waals surface area contributed by atoms with E-state index in [2.05, 4.69) is 15.5 Å². The number of nitrogens with one attached hydrogen (secondary N) is 1. The fourth-order valence-electron chi connectivity index (χ4n) is 2.19. The number of carbonyl (C=O) groups is 1. The number of ether oxygens (including phenoxy) is 1. The van der Waals surface area contributed by atoms with Crippen molar-refractivity contribution >= 4 is 23.7 Å². The van der Waals surface area contributed by atoms with Crippen molar-refractivity contribution in [3.8, 4) is 5.75 Å². The highest BCUT2D eigenvalue weighted by Crippen LogP contribution is 2.20. The zero-order valence-corrected chi connectivity index (χ0v) is 14.6. The lowest BCUT2D eigenvalue weighted by Crippen LogP contribution is -2.18. The number of halogens is 1. The lowest BCUT2D eigenvalue weighted by atomic mass is 10.2. The number of para-hydroxylation sites is 1. The number of hydrogen-bond acceptors (Lipinski definition) is 4. The predicted octanol–water partition coefficient (Wildman–Crippen LogP) is 4.08. The average Bonchev–Trinajstić information content (AvgIpc) is 2.68. The number of nitrogens with zero attached hydrogens (tertiary/aromatic N) is 2. The number of amides is 1. The maximum Gasteiger partial charge on any atom is 0.275 e. The van der Waals surface area contributed by atoms with Gasteiger partial charge in [-0.05, 0) is 42.0 Å². The molecule has 3 aromatic rings. The fraction of sp³-hybridized carbons (Fsp3) is 0.0500. The van der Waals surface area contributed by atoms with Crippen molar-refractivity contribution in [2.75, 3.05) is 0 Å². The van der Waals surface area contributed by atoms with Gasteiger partial charge in [0.2, 0.25) is 0 Å². The molecule has 0 fully saturated rings. The van der Waals surface area contributed by atoms with Gasteiger partial charge in [-0.25, -0.2) is 5.43 Å². The van der Waals surface area contributed by atoms with Crippen molar-refractivity contribution in [2.24, 2.45) is 5.10 Å². The van der Waals surface area contributed by atoms with Crippen LogP contribution in [0.4, 0.5) is 0 Å². The first kappa shape index (κ1) is 17.6. The second-order valence-corrected chi connectivity index (χ2v) is 5.80. The molecule has 0 unspecified atom stereocenters. The molecule has 3 rings (SSSR count). The number of benzene rings is 2. The van der Waals surface area contributed by atoms with Gasteiger partial charge in [-0.2, -0.15) is 5.10 Å². The molecule has 5 nitrogen and oxygen atoms in total.